The van der Waals surface area contributed by atoms with Gasteiger partial charge < -0.3 is 5.32 Å². The van der Waals surface area contributed by atoms with Crippen molar-refractivity contribution in [3.63, 3.8) is 0 Å². The van der Waals surface area contributed by atoms with Crippen LogP contribution in [0.3, 0.4) is 0 Å². The van der Waals surface area contributed by atoms with Crippen molar-refractivity contribution in [1.29, 1.82) is 0 Å². The average Bonchev–Trinajstić information content (AvgIpc) is 3.10. The fourth-order valence-corrected chi connectivity index (χ4v) is 4.44. The molecule has 31 heavy (non-hydrogen) atoms. The summed E-state index contributed by atoms with van der Waals surface area (Å²) in [6.45, 7) is 6.01. The Balaban J connectivity index is 1.65. The number of anilines is 1. The van der Waals surface area contributed by atoms with Crippen LogP contribution in [0.4, 0.5) is 5.82 Å². The van der Waals surface area contributed by atoms with Crippen LogP contribution in [0.1, 0.15) is 45.1 Å². The molecule has 5 heteroatoms. The topological polar surface area (TPSA) is 64.0 Å². The quantitative estimate of drug-likeness (QED) is 0.470. The Morgan fingerprint density at radius 1 is 1.00 bits per heavy atom. The van der Waals surface area contributed by atoms with Crippen LogP contribution in [-0.4, -0.2) is 21.5 Å². The number of Topliss-reactive ketones (excluding diaryl/α,β-unsaturated/α-hetero) is 1. The Hall–Kier alpha value is -3.73. The second kappa shape index (κ2) is 7.20. The lowest BCUT2D eigenvalue weighted by Gasteiger charge is -2.23. The number of nitrogens with one attached hydrogen (secondary N) is 1. The zero-order valence-corrected chi connectivity index (χ0v) is 17.8. The van der Waals surface area contributed by atoms with Gasteiger partial charge in [0, 0.05) is 17.5 Å². The number of rotatable bonds is 3. The van der Waals surface area contributed by atoms with Crippen LogP contribution in [0.2, 0.25) is 0 Å². The molecular weight excluding hydrogens is 386 g/mol. The number of benzene rings is 3. The summed E-state index contributed by atoms with van der Waals surface area (Å²) >= 11 is 0. The van der Waals surface area contributed by atoms with Crippen LogP contribution in [0.25, 0.3) is 16.5 Å². The highest BCUT2D eigenvalue weighted by molar-refractivity contribution is 6.14. The maximum atomic E-state index is 13.7. The molecule has 1 N–H and O–H groups in total. The fraction of sp³-hybridized carbons (Fsp3) is 0.192. The van der Waals surface area contributed by atoms with Crippen LogP contribution in [0.5, 0.6) is 0 Å². The number of amides is 1. The molecule has 2 heterocycles. The highest BCUT2D eigenvalue weighted by atomic mass is 16.2. The molecule has 1 aliphatic rings. The van der Waals surface area contributed by atoms with E-state index in [2.05, 4.69) is 12.2 Å². The monoisotopic (exact) mass is 409 g/mol. The third kappa shape index (κ3) is 3.13. The van der Waals surface area contributed by atoms with Crippen LogP contribution < -0.4 is 5.32 Å². The average molecular weight is 409 g/mol. The van der Waals surface area contributed by atoms with E-state index in [4.69, 9.17) is 5.10 Å². The largest absolute Gasteiger partial charge is 0.310 e. The highest BCUT2D eigenvalue weighted by Crippen LogP contribution is 2.39. The summed E-state index contributed by atoms with van der Waals surface area (Å²) in [6, 6.07) is 19.6. The smallest absolute Gasteiger partial charge is 0.226 e. The van der Waals surface area contributed by atoms with Gasteiger partial charge in [0.15, 0.2) is 5.78 Å². The van der Waals surface area contributed by atoms with Crippen molar-refractivity contribution in [2.24, 2.45) is 0 Å². The Morgan fingerprint density at radius 3 is 2.58 bits per heavy atom. The highest BCUT2D eigenvalue weighted by Gasteiger charge is 2.36. The SMILES string of the molecule is Cc1ccc(-n2nc(C)c3c2NC(=O)CC3C(=O)c2cccc3ccccc23)cc1C. The Labute approximate surface area is 180 Å². The van der Waals surface area contributed by atoms with Gasteiger partial charge in [-0.1, -0.05) is 48.5 Å². The second-order valence-electron chi connectivity index (χ2n) is 8.22. The zero-order chi connectivity index (χ0) is 21.7. The van der Waals surface area contributed by atoms with Crippen molar-refractivity contribution in [2.45, 2.75) is 33.1 Å². The van der Waals surface area contributed by atoms with Crippen LogP contribution in [-0.2, 0) is 4.79 Å². The molecule has 0 spiro atoms. The summed E-state index contributed by atoms with van der Waals surface area (Å²) in [5.74, 6) is -0.183. The lowest BCUT2D eigenvalue weighted by atomic mass is 9.84. The van der Waals surface area contributed by atoms with Gasteiger partial charge in [0.25, 0.3) is 0 Å². The molecule has 1 aromatic heterocycles. The minimum Gasteiger partial charge on any atom is -0.310 e. The summed E-state index contributed by atoms with van der Waals surface area (Å²) in [5.41, 5.74) is 5.40. The molecule has 0 saturated carbocycles. The molecule has 154 valence electrons. The molecule has 4 aromatic rings. The summed E-state index contributed by atoms with van der Waals surface area (Å²) in [5, 5.41) is 9.59. The Bertz CT molecular complexity index is 1360. The number of ketones is 1. The first-order chi connectivity index (χ1) is 14.9. The summed E-state index contributed by atoms with van der Waals surface area (Å²) in [7, 11) is 0. The molecule has 1 atom stereocenters. The Kier molecular flexibility index (Phi) is 4.47. The van der Waals surface area contributed by atoms with E-state index in [1.54, 1.807) is 4.68 Å². The zero-order valence-electron chi connectivity index (χ0n) is 17.8. The maximum Gasteiger partial charge on any atom is 0.226 e. The van der Waals surface area contributed by atoms with E-state index in [1.807, 2.05) is 74.5 Å². The predicted octanol–water partition coefficient (Wildman–Crippen LogP) is 5.26. The van der Waals surface area contributed by atoms with E-state index < -0.39 is 5.92 Å². The van der Waals surface area contributed by atoms with Gasteiger partial charge in [-0.3, -0.25) is 9.59 Å². The van der Waals surface area contributed by atoms with E-state index in [-0.39, 0.29) is 18.1 Å². The summed E-state index contributed by atoms with van der Waals surface area (Å²) < 4.78 is 1.75. The number of aryl methyl sites for hydroxylation is 3. The van der Waals surface area contributed by atoms with Gasteiger partial charge in [0.2, 0.25) is 5.91 Å². The van der Waals surface area contributed by atoms with Gasteiger partial charge in [-0.05, 0) is 54.8 Å². The van der Waals surface area contributed by atoms with E-state index in [0.29, 0.717) is 11.4 Å². The van der Waals surface area contributed by atoms with Crippen molar-refractivity contribution >= 4 is 28.3 Å². The molecule has 1 unspecified atom stereocenters. The van der Waals surface area contributed by atoms with Crippen molar-refractivity contribution in [1.82, 2.24) is 9.78 Å². The van der Waals surface area contributed by atoms with Crippen molar-refractivity contribution in [2.75, 3.05) is 5.32 Å². The minimum atomic E-state index is -0.560. The van der Waals surface area contributed by atoms with Crippen LogP contribution in [0, 0.1) is 20.8 Å². The van der Waals surface area contributed by atoms with Crippen LogP contribution in [0.15, 0.2) is 60.7 Å². The number of fused-ring (bicyclic) bond motifs is 2. The summed E-state index contributed by atoms with van der Waals surface area (Å²) in [6.07, 6.45) is 0.120. The molecule has 0 radical (unpaired) electrons. The number of carbonyl (C=O) groups is 2. The lowest BCUT2D eigenvalue weighted by molar-refractivity contribution is -0.116. The molecule has 3 aromatic carbocycles. The predicted molar refractivity (Wildman–Crippen MR) is 122 cm³/mol. The first-order valence-corrected chi connectivity index (χ1v) is 10.4. The van der Waals surface area contributed by atoms with Crippen LogP contribution >= 0.6 is 0 Å². The fourth-order valence-electron chi connectivity index (χ4n) is 4.44. The second-order valence-corrected chi connectivity index (χ2v) is 8.22. The number of carbonyl (C=O) groups excluding carboxylic acids is 2. The molecule has 5 nitrogen and oxygen atoms in total. The molecule has 0 fully saturated rings. The molecule has 5 rings (SSSR count). The number of aromatic nitrogens is 2. The molecule has 1 amide bonds. The van der Waals surface area contributed by atoms with E-state index in [0.717, 1.165) is 33.3 Å². The first-order valence-electron chi connectivity index (χ1n) is 10.4. The molecule has 1 aliphatic heterocycles. The van der Waals surface area contributed by atoms with E-state index in [9.17, 15) is 9.59 Å². The number of nitrogens with zero attached hydrogens (tertiary/aromatic N) is 2. The van der Waals surface area contributed by atoms with Gasteiger partial charge in [-0.2, -0.15) is 5.10 Å². The van der Waals surface area contributed by atoms with E-state index in [1.165, 1.54) is 5.56 Å². The molecule has 0 saturated heterocycles. The first kappa shape index (κ1) is 19.2. The van der Waals surface area contributed by atoms with Gasteiger partial charge in [-0.25, -0.2) is 4.68 Å². The normalized spacial score (nSPS) is 15.6. The number of hydrogen-bond donors (Lipinski definition) is 1. The minimum absolute atomic E-state index is 0.0457. The maximum absolute atomic E-state index is 13.7. The third-order valence-electron chi connectivity index (χ3n) is 6.21. The van der Waals surface area contributed by atoms with Gasteiger partial charge >= 0.3 is 0 Å². The van der Waals surface area contributed by atoms with Gasteiger partial charge in [0.05, 0.1) is 17.3 Å². The molecule has 0 bridgehead atoms. The van der Waals surface area contributed by atoms with Crippen molar-refractivity contribution < 1.29 is 9.59 Å². The number of hydrogen-bond acceptors (Lipinski definition) is 3. The third-order valence-corrected chi connectivity index (χ3v) is 6.21. The van der Waals surface area contributed by atoms with Crippen molar-refractivity contribution in [3.8, 4) is 5.69 Å². The molecule has 0 aliphatic carbocycles. The standard InChI is InChI=1S/C26H23N3O2/c1-15-11-12-19(13-16(15)2)29-26-24(17(3)28-29)22(14-23(30)27-26)25(31)21-10-6-8-18-7-4-5-9-20(18)21/h4-13,22H,14H2,1-3H3,(H,27,30). The molecular formula is C26H23N3O2. The van der Waals surface area contributed by atoms with E-state index >= 15 is 0 Å². The van der Waals surface area contributed by atoms with Crippen molar-refractivity contribution in [3.05, 3.63) is 88.6 Å². The lowest BCUT2D eigenvalue weighted by Crippen LogP contribution is -2.28. The Morgan fingerprint density at radius 2 is 1.77 bits per heavy atom. The van der Waals surface area contributed by atoms with Gasteiger partial charge in [-0.15, -0.1) is 0 Å². The van der Waals surface area contributed by atoms with Gasteiger partial charge in [0.1, 0.15) is 5.82 Å². The summed E-state index contributed by atoms with van der Waals surface area (Å²) in [4.78, 5) is 26.3.